The first-order valence-corrected chi connectivity index (χ1v) is 10.3. The van der Waals surface area contributed by atoms with Gasteiger partial charge in [0.1, 0.15) is 5.01 Å². The van der Waals surface area contributed by atoms with Gasteiger partial charge in [-0.15, -0.1) is 11.3 Å². The molecule has 1 aromatic rings. The van der Waals surface area contributed by atoms with Gasteiger partial charge in [0.2, 0.25) is 0 Å². The zero-order chi connectivity index (χ0) is 17.7. The molecular formula is C19H30N2O3S. The molecule has 25 heavy (non-hydrogen) atoms. The minimum atomic E-state index is -0.429. The third kappa shape index (κ3) is 4.41. The lowest BCUT2D eigenvalue weighted by molar-refractivity contribution is -0.160. The summed E-state index contributed by atoms with van der Waals surface area (Å²) < 4.78 is 10.7. The first kappa shape index (κ1) is 18.8. The second-order valence-corrected chi connectivity index (χ2v) is 8.41. The summed E-state index contributed by atoms with van der Waals surface area (Å²) >= 11 is 1.87. The maximum Gasteiger partial charge on any atom is 0.313 e. The molecule has 3 rings (SSSR count). The Morgan fingerprint density at radius 3 is 2.92 bits per heavy atom. The number of carbonyl (C=O) groups is 1. The molecule has 1 atom stereocenters. The lowest BCUT2D eigenvalue weighted by Crippen LogP contribution is -2.48. The molecule has 1 unspecified atom stereocenters. The van der Waals surface area contributed by atoms with E-state index in [0.717, 1.165) is 45.3 Å². The van der Waals surface area contributed by atoms with E-state index in [9.17, 15) is 4.79 Å². The highest BCUT2D eigenvalue weighted by molar-refractivity contribution is 7.11. The van der Waals surface area contributed by atoms with Crippen LogP contribution in [0.25, 0.3) is 0 Å². The van der Waals surface area contributed by atoms with Gasteiger partial charge in [-0.3, -0.25) is 9.69 Å². The summed E-state index contributed by atoms with van der Waals surface area (Å²) in [6, 6.07) is 0. The highest BCUT2D eigenvalue weighted by atomic mass is 32.1. The van der Waals surface area contributed by atoms with E-state index in [-0.39, 0.29) is 5.97 Å². The molecule has 0 amide bonds. The van der Waals surface area contributed by atoms with Crippen LogP contribution in [-0.4, -0.2) is 49.3 Å². The van der Waals surface area contributed by atoms with Crippen LogP contribution in [0.4, 0.5) is 0 Å². The average molecular weight is 367 g/mol. The fourth-order valence-electron chi connectivity index (χ4n) is 4.08. The van der Waals surface area contributed by atoms with Crippen molar-refractivity contribution in [2.24, 2.45) is 5.41 Å². The van der Waals surface area contributed by atoms with Crippen LogP contribution in [0, 0.1) is 5.41 Å². The number of piperidine rings is 1. The molecule has 0 spiro atoms. The third-order valence-corrected chi connectivity index (χ3v) is 6.54. The van der Waals surface area contributed by atoms with E-state index < -0.39 is 5.41 Å². The van der Waals surface area contributed by atoms with Gasteiger partial charge in [-0.05, 0) is 58.4 Å². The molecule has 5 nitrogen and oxygen atoms in total. The Bertz CT molecular complexity index is 566. The van der Waals surface area contributed by atoms with Gasteiger partial charge in [0.25, 0.3) is 0 Å². The molecule has 1 saturated heterocycles. The van der Waals surface area contributed by atoms with Crippen LogP contribution < -0.4 is 0 Å². The molecule has 1 aromatic heterocycles. The standard InChI is InChI=1S/C19H30N2O3S/c1-3-24-18(22)19(10-12-23-2)9-6-11-21(14-19)13-17-20-15-7-4-5-8-16(15)25-17/h3-14H2,1-2H3. The number of rotatable bonds is 7. The molecule has 0 N–H and O–H groups in total. The minimum Gasteiger partial charge on any atom is -0.466 e. The Kier molecular flexibility index (Phi) is 6.47. The number of ether oxygens (including phenoxy) is 2. The number of hydrogen-bond donors (Lipinski definition) is 0. The number of carbonyl (C=O) groups excluding carboxylic acids is 1. The van der Waals surface area contributed by atoms with E-state index in [1.165, 1.54) is 34.8 Å². The molecule has 2 aliphatic rings. The number of esters is 1. The molecule has 1 fully saturated rings. The van der Waals surface area contributed by atoms with E-state index in [0.29, 0.717) is 13.2 Å². The topological polar surface area (TPSA) is 51.7 Å². The van der Waals surface area contributed by atoms with E-state index in [1.807, 2.05) is 18.3 Å². The van der Waals surface area contributed by atoms with Gasteiger partial charge < -0.3 is 9.47 Å². The fraction of sp³-hybridized carbons (Fsp3) is 0.789. The number of thiazole rings is 1. The molecule has 1 aliphatic heterocycles. The number of nitrogens with zero attached hydrogens (tertiary/aromatic N) is 2. The zero-order valence-corrected chi connectivity index (χ0v) is 16.3. The Balaban J connectivity index is 1.69. The Morgan fingerprint density at radius 2 is 2.16 bits per heavy atom. The van der Waals surface area contributed by atoms with Gasteiger partial charge in [-0.2, -0.15) is 0 Å². The number of hydrogen-bond acceptors (Lipinski definition) is 6. The Labute approximate surface area is 154 Å². The van der Waals surface area contributed by atoms with Crippen molar-refractivity contribution in [3.8, 4) is 0 Å². The number of methoxy groups -OCH3 is 1. The van der Waals surface area contributed by atoms with Crippen LogP contribution >= 0.6 is 11.3 Å². The van der Waals surface area contributed by atoms with Crippen molar-refractivity contribution in [3.63, 3.8) is 0 Å². The van der Waals surface area contributed by atoms with E-state index in [1.54, 1.807) is 7.11 Å². The highest BCUT2D eigenvalue weighted by Crippen LogP contribution is 2.36. The molecule has 0 radical (unpaired) electrons. The smallest absolute Gasteiger partial charge is 0.313 e. The van der Waals surface area contributed by atoms with Crippen molar-refractivity contribution in [3.05, 3.63) is 15.6 Å². The minimum absolute atomic E-state index is 0.0600. The maximum atomic E-state index is 12.7. The predicted molar refractivity (Wildman–Crippen MR) is 98.8 cm³/mol. The molecule has 6 heteroatoms. The summed E-state index contributed by atoms with van der Waals surface area (Å²) in [5, 5.41) is 1.21. The molecule has 0 aromatic carbocycles. The zero-order valence-electron chi connectivity index (χ0n) is 15.5. The van der Waals surface area contributed by atoms with Crippen molar-refractivity contribution < 1.29 is 14.3 Å². The molecule has 0 saturated carbocycles. The maximum absolute atomic E-state index is 12.7. The van der Waals surface area contributed by atoms with Gasteiger partial charge >= 0.3 is 5.97 Å². The van der Waals surface area contributed by atoms with Gasteiger partial charge in [-0.1, -0.05) is 0 Å². The normalized spacial score (nSPS) is 24.1. The van der Waals surface area contributed by atoms with Crippen molar-refractivity contribution in [1.29, 1.82) is 0 Å². The van der Waals surface area contributed by atoms with E-state index in [4.69, 9.17) is 14.5 Å². The molecule has 2 heterocycles. The van der Waals surface area contributed by atoms with Crippen molar-refractivity contribution in [2.75, 3.05) is 33.4 Å². The number of aromatic nitrogens is 1. The third-order valence-electron chi connectivity index (χ3n) is 5.40. The molecule has 0 bridgehead atoms. The summed E-state index contributed by atoms with van der Waals surface area (Å²) in [7, 11) is 1.69. The second-order valence-electron chi connectivity index (χ2n) is 7.24. The SMILES string of the molecule is CCOC(=O)C1(CCOC)CCCN(Cc2nc3c(s2)CCCC3)C1. The number of fused-ring (bicyclic) bond motifs is 1. The average Bonchev–Trinajstić information content (AvgIpc) is 3.02. The first-order chi connectivity index (χ1) is 12.2. The fourth-order valence-corrected chi connectivity index (χ4v) is 5.28. The summed E-state index contributed by atoms with van der Waals surface area (Å²) in [4.78, 5) is 21.4. The van der Waals surface area contributed by atoms with Crippen LogP contribution in [0.15, 0.2) is 0 Å². The van der Waals surface area contributed by atoms with Gasteiger partial charge in [-0.25, -0.2) is 4.98 Å². The summed E-state index contributed by atoms with van der Waals surface area (Å²) in [5.41, 5.74) is 0.889. The molecule has 1 aliphatic carbocycles. The number of aryl methyl sites for hydroxylation is 2. The lowest BCUT2D eigenvalue weighted by Gasteiger charge is -2.40. The predicted octanol–water partition coefficient (Wildman–Crippen LogP) is 3.20. The molecule has 140 valence electrons. The first-order valence-electron chi connectivity index (χ1n) is 9.53. The van der Waals surface area contributed by atoms with Crippen LogP contribution in [0.3, 0.4) is 0 Å². The summed E-state index contributed by atoms with van der Waals surface area (Å²) in [5.74, 6) is -0.0600. The van der Waals surface area contributed by atoms with Crippen LogP contribution in [0.5, 0.6) is 0 Å². The van der Waals surface area contributed by atoms with Gasteiger partial charge in [0, 0.05) is 25.1 Å². The van der Waals surface area contributed by atoms with Gasteiger partial charge in [0.15, 0.2) is 0 Å². The van der Waals surface area contributed by atoms with Crippen molar-refractivity contribution >= 4 is 17.3 Å². The molecular weight excluding hydrogens is 336 g/mol. The van der Waals surface area contributed by atoms with Crippen LogP contribution in [0.2, 0.25) is 0 Å². The van der Waals surface area contributed by atoms with Crippen LogP contribution in [0.1, 0.15) is 54.6 Å². The lowest BCUT2D eigenvalue weighted by atomic mass is 9.77. The second kappa shape index (κ2) is 8.60. The Hall–Kier alpha value is -0.980. The van der Waals surface area contributed by atoms with E-state index >= 15 is 0 Å². The Morgan fingerprint density at radius 1 is 1.32 bits per heavy atom. The van der Waals surface area contributed by atoms with Crippen LogP contribution in [-0.2, 0) is 33.7 Å². The monoisotopic (exact) mass is 366 g/mol. The van der Waals surface area contributed by atoms with Crippen molar-refractivity contribution in [1.82, 2.24) is 9.88 Å². The quantitative estimate of drug-likeness (QED) is 0.694. The number of likely N-dealkylation sites (tertiary alicyclic amines) is 1. The van der Waals surface area contributed by atoms with Crippen molar-refractivity contribution in [2.45, 2.75) is 58.4 Å². The van der Waals surface area contributed by atoms with Gasteiger partial charge in [0.05, 0.1) is 24.3 Å². The largest absolute Gasteiger partial charge is 0.466 e. The van der Waals surface area contributed by atoms with E-state index in [2.05, 4.69) is 4.90 Å². The highest BCUT2D eigenvalue weighted by Gasteiger charge is 2.43. The summed E-state index contributed by atoms with van der Waals surface area (Å²) in [6.07, 6.45) is 7.52. The summed E-state index contributed by atoms with van der Waals surface area (Å²) in [6.45, 7) is 5.54.